The molecular formula is C24H30ClN7O2. The summed E-state index contributed by atoms with van der Waals surface area (Å²) in [5.74, 6) is 0.636. The Kier molecular flexibility index (Phi) is 7.04. The number of aromatic nitrogens is 3. The third kappa shape index (κ3) is 5.48. The van der Waals surface area contributed by atoms with Crippen LogP contribution >= 0.6 is 11.6 Å². The van der Waals surface area contributed by atoms with Crippen LogP contribution < -0.4 is 16.0 Å². The number of nitrogens with two attached hydrogens (primary N) is 1. The van der Waals surface area contributed by atoms with Crippen LogP contribution in [0, 0.1) is 0 Å². The number of carbonyl (C=O) groups excluding carboxylic acids is 2. The molecule has 0 saturated carbocycles. The van der Waals surface area contributed by atoms with Crippen molar-refractivity contribution in [2.24, 2.45) is 5.73 Å². The number of hydrogen-bond donors (Lipinski definition) is 3. The van der Waals surface area contributed by atoms with Gasteiger partial charge in [-0.1, -0.05) is 23.7 Å². The average molecular weight is 484 g/mol. The summed E-state index contributed by atoms with van der Waals surface area (Å²) in [5.41, 5.74) is 7.66. The molecule has 0 spiro atoms. The number of fused-ring (bicyclic) bond motifs is 1. The smallest absolute Gasteiger partial charge is 0.224 e. The highest BCUT2D eigenvalue weighted by atomic mass is 35.5. The highest BCUT2D eigenvalue weighted by Gasteiger charge is 2.34. The van der Waals surface area contributed by atoms with Crippen LogP contribution in [0.3, 0.4) is 0 Å². The van der Waals surface area contributed by atoms with E-state index in [4.69, 9.17) is 17.3 Å². The van der Waals surface area contributed by atoms with Crippen molar-refractivity contribution in [1.29, 1.82) is 0 Å². The summed E-state index contributed by atoms with van der Waals surface area (Å²) in [6.07, 6.45) is 5.05. The Morgan fingerprint density at radius 3 is 2.59 bits per heavy atom. The van der Waals surface area contributed by atoms with Crippen LogP contribution in [0.25, 0.3) is 11.0 Å². The maximum atomic E-state index is 13.0. The van der Waals surface area contributed by atoms with Crippen molar-refractivity contribution >= 4 is 40.3 Å². The molecule has 1 fully saturated rings. The summed E-state index contributed by atoms with van der Waals surface area (Å²) in [4.78, 5) is 40.9. The van der Waals surface area contributed by atoms with Gasteiger partial charge in [-0.25, -0.2) is 9.97 Å². The number of amides is 2. The Morgan fingerprint density at radius 2 is 1.91 bits per heavy atom. The maximum absolute atomic E-state index is 13.0. The topological polar surface area (TPSA) is 120 Å². The van der Waals surface area contributed by atoms with Crippen LogP contribution in [0.5, 0.6) is 0 Å². The van der Waals surface area contributed by atoms with E-state index in [0.29, 0.717) is 31.0 Å². The van der Waals surface area contributed by atoms with Crippen molar-refractivity contribution in [3.63, 3.8) is 0 Å². The standard InChI is InChI=1S/C24H30ClN7O2/c1-31(2)21(34)13-19(16-3-5-17(25)6-4-16)30-20(33)14-24(26)8-11-32(12-9-24)23-18-7-10-27-22(18)28-15-29-23/h3-7,10,15,19H,8-9,11-14,26H2,1-2H3,(H,30,33)(H,27,28,29). The van der Waals surface area contributed by atoms with E-state index in [-0.39, 0.29) is 24.7 Å². The second kappa shape index (κ2) is 9.99. The van der Waals surface area contributed by atoms with E-state index in [1.165, 1.54) is 4.90 Å². The number of nitrogens with one attached hydrogen (secondary N) is 2. The van der Waals surface area contributed by atoms with E-state index >= 15 is 0 Å². The van der Waals surface area contributed by atoms with Crippen molar-refractivity contribution in [2.75, 3.05) is 32.1 Å². The third-order valence-electron chi connectivity index (χ3n) is 6.39. The molecular weight excluding hydrogens is 454 g/mol. The summed E-state index contributed by atoms with van der Waals surface area (Å²) < 4.78 is 0. The third-order valence-corrected chi connectivity index (χ3v) is 6.64. The number of anilines is 1. The van der Waals surface area contributed by atoms with Gasteiger partial charge in [0.15, 0.2) is 0 Å². The monoisotopic (exact) mass is 483 g/mol. The number of carbonyl (C=O) groups is 2. The Labute approximate surface area is 203 Å². The molecule has 1 atom stereocenters. The molecule has 0 radical (unpaired) electrons. The summed E-state index contributed by atoms with van der Waals surface area (Å²) in [6.45, 7) is 1.39. The van der Waals surface area contributed by atoms with Crippen LogP contribution in [0.4, 0.5) is 5.82 Å². The lowest BCUT2D eigenvalue weighted by Crippen LogP contribution is -2.53. The maximum Gasteiger partial charge on any atom is 0.224 e. The van der Waals surface area contributed by atoms with Crippen LogP contribution in [0.1, 0.15) is 37.3 Å². The van der Waals surface area contributed by atoms with E-state index in [1.807, 2.05) is 24.4 Å². The Bertz CT molecular complexity index is 1150. The highest BCUT2D eigenvalue weighted by Crippen LogP contribution is 2.30. The number of benzene rings is 1. The minimum Gasteiger partial charge on any atom is -0.356 e. The lowest BCUT2D eigenvalue weighted by atomic mass is 9.85. The molecule has 1 aliphatic heterocycles. The number of nitrogens with zero attached hydrogens (tertiary/aromatic N) is 4. The minimum atomic E-state index is -0.624. The number of H-pyrrole nitrogens is 1. The Morgan fingerprint density at radius 1 is 1.21 bits per heavy atom. The first-order valence-electron chi connectivity index (χ1n) is 11.3. The second-order valence-electron chi connectivity index (χ2n) is 9.13. The Hall–Kier alpha value is -3.17. The average Bonchev–Trinajstić information content (AvgIpc) is 3.28. The summed E-state index contributed by atoms with van der Waals surface area (Å²) in [7, 11) is 3.40. The number of hydrogen-bond acceptors (Lipinski definition) is 6. The molecule has 1 aliphatic rings. The zero-order valence-corrected chi connectivity index (χ0v) is 20.2. The summed E-state index contributed by atoms with van der Waals surface area (Å²) in [5, 5.41) is 4.60. The van der Waals surface area contributed by atoms with Gasteiger partial charge in [0.1, 0.15) is 17.8 Å². The first-order valence-corrected chi connectivity index (χ1v) is 11.7. The van der Waals surface area contributed by atoms with Crippen molar-refractivity contribution < 1.29 is 9.59 Å². The van der Waals surface area contributed by atoms with E-state index in [1.54, 1.807) is 32.6 Å². The van der Waals surface area contributed by atoms with Gasteiger partial charge in [-0.2, -0.15) is 0 Å². The lowest BCUT2D eigenvalue weighted by Gasteiger charge is -2.39. The van der Waals surface area contributed by atoms with E-state index < -0.39 is 11.6 Å². The fraction of sp³-hybridized carbons (Fsp3) is 0.417. The van der Waals surface area contributed by atoms with Gasteiger partial charge in [0, 0.05) is 50.4 Å². The lowest BCUT2D eigenvalue weighted by molar-refractivity contribution is -0.129. The second-order valence-corrected chi connectivity index (χ2v) is 9.56. The predicted octanol–water partition coefficient (Wildman–Crippen LogP) is 2.63. The molecule has 1 aromatic carbocycles. The normalized spacial score (nSPS) is 16.3. The molecule has 2 aromatic heterocycles. The van der Waals surface area contributed by atoms with Crippen molar-refractivity contribution in [1.82, 2.24) is 25.2 Å². The predicted molar refractivity (Wildman–Crippen MR) is 133 cm³/mol. The first-order chi connectivity index (χ1) is 16.2. The molecule has 9 nitrogen and oxygen atoms in total. The van der Waals surface area contributed by atoms with Gasteiger partial charge in [-0.15, -0.1) is 0 Å². The van der Waals surface area contributed by atoms with Gasteiger partial charge < -0.3 is 25.8 Å². The van der Waals surface area contributed by atoms with Gasteiger partial charge in [0.25, 0.3) is 0 Å². The minimum absolute atomic E-state index is 0.0723. The summed E-state index contributed by atoms with van der Waals surface area (Å²) >= 11 is 6.01. The SMILES string of the molecule is CN(C)C(=O)CC(NC(=O)CC1(N)CCN(c2ncnc3[nH]ccc23)CC1)c1ccc(Cl)cc1. The van der Waals surface area contributed by atoms with E-state index in [0.717, 1.165) is 22.4 Å². The number of aromatic amines is 1. The zero-order valence-electron chi connectivity index (χ0n) is 19.4. The first kappa shape index (κ1) is 24.0. The molecule has 180 valence electrons. The van der Waals surface area contributed by atoms with Crippen molar-refractivity contribution in [3.8, 4) is 0 Å². The highest BCUT2D eigenvalue weighted by molar-refractivity contribution is 6.30. The van der Waals surface area contributed by atoms with Gasteiger partial charge in [-0.3, -0.25) is 9.59 Å². The van der Waals surface area contributed by atoms with Crippen LogP contribution in [-0.2, 0) is 9.59 Å². The van der Waals surface area contributed by atoms with Crippen LogP contribution in [0.2, 0.25) is 5.02 Å². The van der Waals surface area contributed by atoms with E-state index in [9.17, 15) is 9.59 Å². The fourth-order valence-electron chi connectivity index (χ4n) is 4.32. The van der Waals surface area contributed by atoms with Gasteiger partial charge in [0.05, 0.1) is 17.8 Å². The molecule has 3 heterocycles. The molecule has 4 rings (SSSR count). The van der Waals surface area contributed by atoms with Gasteiger partial charge in [0.2, 0.25) is 11.8 Å². The number of piperidine rings is 1. The number of rotatable bonds is 7. The van der Waals surface area contributed by atoms with Crippen molar-refractivity contribution in [3.05, 3.63) is 53.4 Å². The van der Waals surface area contributed by atoms with Crippen LogP contribution in [0.15, 0.2) is 42.9 Å². The molecule has 1 saturated heterocycles. The molecule has 2 amide bonds. The van der Waals surface area contributed by atoms with Crippen LogP contribution in [-0.4, -0.2) is 64.4 Å². The molecule has 0 bridgehead atoms. The molecule has 3 aromatic rings. The Balaban J connectivity index is 1.40. The fourth-order valence-corrected chi connectivity index (χ4v) is 4.45. The molecule has 34 heavy (non-hydrogen) atoms. The number of halogens is 1. The molecule has 0 aliphatic carbocycles. The van der Waals surface area contributed by atoms with Gasteiger partial charge in [-0.05, 0) is 36.6 Å². The largest absolute Gasteiger partial charge is 0.356 e. The van der Waals surface area contributed by atoms with Crippen molar-refractivity contribution in [2.45, 2.75) is 37.3 Å². The zero-order chi connectivity index (χ0) is 24.3. The summed E-state index contributed by atoms with van der Waals surface area (Å²) in [6, 6.07) is 8.68. The molecule has 10 heteroatoms. The molecule has 1 unspecified atom stereocenters. The van der Waals surface area contributed by atoms with Gasteiger partial charge >= 0.3 is 0 Å². The molecule has 4 N–H and O–H groups in total. The van der Waals surface area contributed by atoms with E-state index in [2.05, 4.69) is 25.2 Å². The quantitative estimate of drug-likeness (QED) is 0.475.